The molecule has 282 valence electrons. The van der Waals surface area contributed by atoms with E-state index in [0.29, 0.717) is 0 Å². The summed E-state index contributed by atoms with van der Waals surface area (Å²) in [7, 11) is 0. The second-order valence-electron chi connectivity index (χ2n) is 15.4. The molecule has 0 amide bonds. The van der Waals surface area contributed by atoms with E-state index in [1.807, 2.05) is 23.5 Å². The molecule has 0 spiro atoms. The predicted octanol–water partition coefficient (Wildman–Crippen LogP) is 16.9. The smallest absolute Gasteiger partial charge is 0.136 e. The van der Waals surface area contributed by atoms with Crippen molar-refractivity contribution in [2.24, 2.45) is 0 Å². The molecule has 60 heavy (non-hydrogen) atoms. The lowest BCUT2D eigenvalue weighted by molar-refractivity contribution is 0.669. The third-order valence-corrected chi connectivity index (χ3v) is 12.9. The van der Waals surface area contributed by atoms with Crippen molar-refractivity contribution in [2.75, 3.05) is 9.80 Å². The van der Waals surface area contributed by atoms with Crippen LogP contribution in [0.25, 0.3) is 74.8 Å². The van der Waals surface area contributed by atoms with Crippen LogP contribution in [0.2, 0.25) is 0 Å². The number of benzene rings is 10. The van der Waals surface area contributed by atoms with Crippen molar-refractivity contribution in [1.29, 1.82) is 0 Å². The number of furan rings is 1. The first-order chi connectivity index (χ1) is 29.7. The van der Waals surface area contributed by atoms with Crippen molar-refractivity contribution in [2.45, 2.75) is 0 Å². The van der Waals surface area contributed by atoms with Crippen LogP contribution in [0.3, 0.4) is 0 Å². The standard InChI is InChI=1S/C56H36N2OS/c1-3-12-37(13-4-1)38-24-27-42(28-25-38)57(41-14-5-2-6-15-41)43-16-11-17-44(33-43)58(46-30-31-49-48-19-8-10-21-55(48)60-56(49)35-46)45-29-26-39-22-23-40-32-54-52(36-51(40)50(39)34-45)47-18-7-9-20-53(47)59-54/h1-36H. The minimum atomic E-state index is 0.909. The highest BCUT2D eigenvalue weighted by Crippen LogP contribution is 2.45. The Balaban J connectivity index is 1.05. The van der Waals surface area contributed by atoms with Crippen molar-refractivity contribution in [3.8, 4) is 11.1 Å². The van der Waals surface area contributed by atoms with Crippen molar-refractivity contribution < 1.29 is 4.42 Å². The second-order valence-corrected chi connectivity index (χ2v) is 16.4. The summed E-state index contributed by atoms with van der Waals surface area (Å²) in [6, 6.07) is 78.9. The van der Waals surface area contributed by atoms with E-state index in [1.54, 1.807) is 0 Å². The lowest BCUT2D eigenvalue weighted by atomic mass is 9.99. The molecule has 2 heterocycles. The Hall–Kier alpha value is -7.66. The molecule has 3 nitrogen and oxygen atoms in total. The molecule has 2 aromatic heterocycles. The Labute approximate surface area is 351 Å². The summed E-state index contributed by atoms with van der Waals surface area (Å²) in [5.41, 5.74) is 10.7. The Bertz CT molecular complexity index is 3550. The fourth-order valence-electron chi connectivity index (χ4n) is 8.93. The Kier molecular flexibility index (Phi) is 8.03. The van der Waals surface area contributed by atoms with Crippen LogP contribution >= 0.6 is 11.3 Å². The molecule has 10 aromatic carbocycles. The number of nitrogens with zero attached hydrogens (tertiary/aromatic N) is 2. The maximum Gasteiger partial charge on any atom is 0.136 e. The molecule has 0 atom stereocenters. The zero-order valence-electron chi connectivity index (χ0n) is 32.5. The highest BCUT2D eigenvalue weighted by Gasteiger charge is 2.20. The van der Waals surface area contributed by atoms with Gasteiger partial charge >= 0.3 is 0 Å². The van der Waals surface area contributed by atoms with Gasteiger partial charge in [0.1, 0.15) is 11.2 Å². The monoisotopic (exact) mass is 784 g/mol. The van der Waals surface area contributed by atoms with Gasteiger partial charge in [-0.3, -0.25) is 0 Å². The molecule has 0 aliphatic rings. The van der Waals surface area contributed by atoms with E-state index in [9.17, 15) is 0 Å². The highest BCUT2D eigenvalue weighted by atomic mass is 32.1. The SMILES string of the molecule is c1ccc(-c2ccc(N(c3ccccc3)c3cccc(N(c4ccc5c(c4)sc4ccccc45)c4ccc5ccc6cc7oc8ccccc8c7cc6c5c4)c3)cc2)cc1. The molecule has 0 radical (unpaired) electrons. The summed E-state index contributed by atoms with van der Waals surface area (Å²) in [5.74, 6) is 0. The third-order valence-electron chi connectivity index (χ3n) is 11.8. The first-order valence-corrected chi connectivity index (χ1v) is 21.1. The average Bonchev–Trinajstić information content (AvgIpc) is 3.87. The molecule has 0 aliphatic heterocycles. The average molecular weight is 785 g/mol. The van der Waals surface area contributed by atoms with Crippen LogP contribution < -0.4 is 9.80 Å². The molecular weight excluding hydrogens is 749 g/mol. The Morgan fingerprint density at radius 3 is 1.67 bits per heavy atom. The van der Waals surface area contributed by atoms with E-state index in [2.05, 4.69) is 216 Å². The quantitative estimate of drug-likeness (QED) is 0.150. The molecule has 0 saturated carbocycles. The molecule has 4 heteroatoms. The predicted molar refractivity (Wildman–Crippen MR) is 256 cm³/mol. The van der Waals surface area contributed by atoms with Crippen LogP contribution in [0.5, 0.6) is 0 Å². The molecule has 12 aromatic rings. The third kappa shape index (κ3) is 5.80. The zero-order valence-corrected chi connectivity index (χ0v) is 33.3. The van der Waals surface area contributed by atoms with E-state index in [0.717, 1.165) is 61.4 Å². The number of hydrogen-bond donors (Lipinski definition) is 0. The summed E-state index contributed by atoms with van der Waals surface area (Å²) < 4.78 is 8.88. The number of fused-ring (bicyclic) bond motifs is 9. The second kappa shape index (κ2) is 14.0. The first kappa shape index (κ1) is 34.4. The zero-order chi connectivity index (χ0) is 39.6. The van der Waals surface area contributed by atoms with Crippen LogP contribution in [-0.2, 0) is 0 Å². The molecule has 12 rings (SSSR count). The van der Waals surface area contributed by atoms with Crippen LogP contribution in [0.4, 0.5) is 34.1 Å². The number of thiophene rings is 1. The van der Waals surface area contributed by atoms with Gasteiger partial charge in [-0.25, -0.2) is 0 Å². The summed E-state index contributed by atoms with van der Waals surface area (Å²) >= 11 is 1.85. The van der Waals surface area contributed by atoms with Gasteiger partial charge in [0.05, 0.1) is 0 Å². The molecule has 0 unspecified atom stereocenters. The number of anilines is 6. The van der Waals surface area contributed by atoms with Crippen LogP contribution in [0, 0.1) is 0 Å². The molecule has 0 N–H and O–H groups in total. The summed E-state index contributed by atoms with van der Waals surface area (Å²) in [6.45, 7) is 0. The minimum Gasteiger partial charge on any atom is -0.456 e. The Morgan fingerprint density at radius 2 is 0.833 bits per heavy atom. The van der Waals surface area contributed by atoms with Crippen LogP contribution in [0.1, 0.15) is 0 Å². The van der Waals surface area contributed by atoms with Gasteiger partial charge in [0, 0.05) is 65.1 Å². The largest absolute Gasteiger partial charge is 0.456 e. The fraction of sp³-hybridized carbons (Fsp3) is 0. The molecule has 0 saturated heterocycles. The van der Waals surface area contributed by atoms with Crippen molar-refractivity contribution >= 4 is 109 Å². The van der Waals surface area contributed by atoms with Gasteiger partial charge in [-0.15, -0.1) is 11.3 Å². The van der Waals surface area contributed by atoms with Gasteiger partial charge in [0.15, 0.2) is 0 Å². The molecule has 0 fully saturated rings. The maximum atomic E-state index is 6.32. The number of rotatable bonds is 7. The molecule has 0 aliphatic carbocycles. The lowest BCUT2D eigenvalue weighted by Crippen LogP contribution is -2.13. The molecular formula is C56H36N2OS. The van der Waals surface area contributed by atoms with E-state index in [-0.39, 0.29) is 0 Å². The van der Waals surface area contributed by atoms with Crippen molar-refractivity contribution in [1.82, 2.24) is 0 Å². The summed E-state index contributed by atoms with van der Waals surface area (Å²) in [6.07, 6.45) is 0. The van der Waals surface area contributed by atoms with Crippen molar-refractivity contribution in [3.63, 3.8) is 0 Å². The number of para-hydroxylation sites is 2. The van der Waals surface area contributed by atoms with E-state index >= 15 is 0 Å². The normalized spacial score (nSPS) is 11.7. The first-order valence-electron chi connectivity index (χ1n) is 20.3. The van der Waals surface area contributed by atoms with E-state index in [4.69, 9.17) is 4.42 Å². The summed E-state index contributed by atoms with van der Waals surface area (Å²) in [5, 5.41) is 9.60. The van der Waals surface area contributed by atoms with Gasteiger partial charge in [0.25, 0.3) is 0 Å². The highest BCUT2D eigenvalue weighted by molar-refractivity contribution is 7.25. The summed E-state index contributed by atoms with van der Waals surface area (Å²) in [4.78, 5) is 4.76. The van der Waals surface area contributed by atoms with Crippen LogP contribution in [0.15, 0.2) is 223 Å². The topological polar surface area (TPSA) is 19.6 Å². The van der Waals surface area contributed by atoms with Crippen molar-refractivity contribution in [3.05, 3.63) is 218 Å². The van der Waals surface area contributed by atoms with Gasteiger partial charge in [0.2, 0.25) is 0 Å². The van der Waals surface area contributed by atoms with Gasteiger partial charge < -0.3 is 14.2 Å². The van der Waals surface area contributed by atoms with Gasteiger partial charge in [-0.2, -0.15) is 0 Å². The minimum absolute atomic E-state index is 0.909. The maximum absolute atomic E-state index is 6.32. The Morgan fingerprint density at radius 1 is 0.283 bits per heavy atom. The lowest BCUT2D eigenvalue weighted by Gasteiger charge is -2.29. The molecule has 0 bridgehead atoms. The van der Waals surface area contributed by atoms with Crippen LogP contribution in [-0.4, -0.2) is 0 Å². The number of hydrogen-bond acceptors (Lipinski definition) is 4. The van der Waals surface area contributed by atoms with Gasteiger partial charge in [-0.1, -0.05) is 127 Å². The van der Waals surface area contributed by atoms with E-state index in [1.165, 1.54) is 47.5 Å². The van der Waals surface area contributed by atoms with E-state index < -0.39 is 0 Å². The fourth-order valence-corrected chi connectivity index (χ4v) is 10.1. The van der Waals surface area contributed by atoms with Gasteiger partial charge in [-0.05, 0) is 124 Å².